The number of nitrogens with zero attached hydrogens (tertiary/aromatic N) is 1. The number of hydrogen-bond donors (Lipinski definition) is 0. The van der Waals surface area contributed by atoms with Gasteiger partial charge in [-0.1, -0.05) is 22.9 Å². The van der Waals surface area contributed by atoms with Gasteiger partial charge in [0.15, 0.2) is 0 Å². The maximum Gasteiger partial charge on any atom is 0.254 e. The van der Waals surface area contributed by atoms with Gasteiger partial charge < -0.3 is 14.4 Å². The number of hydrogen-bond acceptors (Lipinski definition) is 3. The van der Waals surface area contributed by atoms with E-state index >= 15 is 0 Å². The average Bonchev–Trinajstić information content (AvgIpc) is 2.86. The maximum absolute atomic E-state index is 12.7. The Morgan fingerprint density at radius 2 is 1.90 bits per heavy atom. The number of methoxy groups -OCH3 is 2. The minimum atomic E-state index is 0.0380. The Balaban J connectivity index is 2.28. The summed E-state index contributed by atoms with van der Waals surface area (Å²) in [5.41, 5.74) is 0.612. The predicted molar refractivity (Wildman–Crippen MR) is 81.9 cm³/mol. The lowest BCUT2D eigenvalue weighted by Crippen LogP contribution is -2.38. The van der Waals surface area contributed by atoms with Crippen LogP contribution in [-0.4, -0.2) is 42.9 Å². The molecule has 20 heavy (non-hydrogen) atoms. The topological polar surface area (TPSA) is 38.8 Å². The minimum Gasteiger partial charge on any atom is -0.497 e. The van der Waals surface area contributed by atoms with E-state index in [1.165, 1.54) is 0 Å². The second kappa shape index (κ2) is 6.48. The van der Waals surface area contributed by atoms with Gasteiger partial charge in [-0.05, 0) is 24.5 Å². The lowest BCUT2D eigenvalue weighted by atomic mass is 10.0. The number of amides is 1. The predicted octanol–water partition coefficient (Wildman–Crippen LogP) is 2.95. The number of halogens is 1. The summed E-state index contributed by atoms with van der Waals surface area (Å²) in [7, 11) is 3.17. The van der Waals surface area contributed by atoms with Crippen LogP contribution in [-0.2, 0) is 0 Å². The van der Waals surface area contributed by atoms with E-state index in [1.54, 1.807) is 32.4 Å². The molecule has 2 unspecified atom stereocenters. The molecule has 5 heteroatoms. The van der Waals surface area contributed by atoms with E-state index in [2.05, 4.69) is 22.9 Å². The third-order valence-electron chi connectivity index (χ3n) is 3.90. The lowest BCUT2D eigenvalue weighted by molar-refractivity contribution is 0.0738. The van der Waals surface area contributed by atoms with Crippen molar-refractivity contribution in [2.75, 3.05) is 26.1 Å². The Hall–Kier alpha value is -1.23. The van der Waals surface area contributed by atoms with Crippen LogP contribution in [0.5, 0.6) is 11.5 Å². The molecule has 0 N–H and O–H groups in total. The zero-order valence-corrected chi connectivity index (χ0v) is 13.6. The summed E-state index contributed by atoms with van der Waals surface area (Å²) in [6, 6.07) is 5.54. The van der Waals surface area contributed by atoms with Crippen molar-refractivity contribution in [2.45, 2.75) is 19.4 Å². The van der Waals surface area contributed by atoms with Gasteiger partial charge in [-0.2, -0.15) is 0 Å². The molecule has 110 valence electrons. The first kappa shape index (κ1) is 15.2. The van der Waals surface area contributed by atoms with E-state index in [0.29, 0.717) is 23.0 Å². The molecule has 1 aliphatic rings. The van der Waals surface area contributed by atoms with Crippen molar-refractivity contribution >= 4 is 21.8 Å². The Bertz CT molecular complexity index is 470. The number of carbonyl (C=O) groups is 1. The van der Waals surface area contributed by atoms with Crippen molar-refractivity contribution < 1.29 is 14.3 Å². The van der Waals surface area contributed by atoms with Gasteiger partial charge in [-0.3, -0.25) is 4.79 Å². The molecule has 1 heterocycles. The highest BCUT2D eigenvalue weighted by Gasteiger charge is 2.34. The molecule has 0 aliphatic carbocycles. The van der Waals surface area contributed by atoms with Crippen LogP contribution in [0.3, 0.4) is 0 Å². The molecular formula is C15H20BrNO3. The fraction of sp³-hybridized carbons (Fsp3) is 0.533. The summed E-state index contributed by atoms with van der Waals surface area (Å²) < 4.78 is 10.4. The molecule has 1 saturated heterocycles. The molecule has 1 aromatic carbocycles. The molecule has 0 radical (unpaired) electrons. The molecule has 1 amide bonds. The lowest BCUT2D eigenvalue weighted by Gasteiger charge is -2.25. The van der Waals surface area contributed by atoms with Gasteiger partial charge in [0.2, 0.25) is 0 Å². The zero-order chi connectivity index (χ0) is 14.7. The van der Waals surface area contributed by atoms with E-state index in [1.807, 2.05) is 4.90 Å². The first-order valence-electron chi connectivity index (χ1n) is 6.70. The zero-order valence-electron chi connectivity index (χ0n) is 12.1. The summed E-state index contributed by atoms with van der Waals surface area (Å²) in [4.78, 5) is 14.6. The van der Waals surface area contributed by atoms with E-state index in [4.69, 9.17) is 9.47 Å². The second-order valence-corrected chi connectivity index (χ2v) is 5.73. The summed E-state index contributed by atoms with van der Waals surface area (Å²) in [6.45, 7) is 2.99. The largest absolute Gasteiger partial charge is 0.497 e. The Morgan fingerprint density at radius 3 is 2.40 bits per heavy atom. The molecule has 0 saturated carbocycles. The molecule has 2 atom stereocenters. The van der Waals surface area contributed by atoms with Crippen LogP contribution in [0.15, 0.2) is 18.2 Å². The first-order chi connectivity index (χ1) is 9.60. The SMILES string of the molecule is COc1cc(OC)cc(C(=O)N2CCC(C)C2CBr)c1. The molecule has 1 aromatic rings. The standard InChI is InChI=1S/C15H20BrNO3/c1-10-4-5-17(14(10)9-16)15(18)11-6-12(19-2)8-13(7-11)20-3/h6-8,10,14H,4-5,9H2,1-3H3. The highest BCUT2D eigenvalue weighted by Crippen LogP contribution is 2.29. The second-order valence-electron chi connectivity index (χ2n) is 5.09. The highest BCUT2D eigenvalue weighted by atomic mass is 79.9. The monoisotopic (exact) mass is 341 g/mol. The van der Waals surface area contributed by atoms with Crippen molar-refractivity contribution in [3.63, 3.8) is 0 Å². The molecule has 4 nitrogen and oxygen atoms in total. The van der Waals surface area contributed by atoms with Crippen molar-refractivity contribution in [3.05, 3.63) is 23.8 Å². The number of benzene rings is 1. The highest BCUT2D eigenvalue weighted by molar-refractivity contribution is 9.09. The molecule has 0 bridgehead atoms. The van der Waals surface area contributed by atoms with E-state index in [9.17, 15) is 4.79 Å². The fourth-order valence-electron chi connectivity index (χ4n) is 2.59. The Labute approximate surface area is 128 Å². The van der Waals surface area contributed by atoms with E-state index < -0.39 is 0 Å². The molecule has 1 aliphatic heterocycles. The van der Waals surface area contributed by atoms with Gasteiger partial charge in [-0.25, -0.2) is 0 Å². The van der Waals surface area contributed by atoms with Crippen molar-refractivity contribution in [1.29, 1.82) is 0 Å². The van der Waals surface area contributed by atoms with Crippen LogP contribution in [0.4, 0.5) is 0 Å². The van der Waals surface area contributed by atoms with Gasteiger partial charge in [0.1, 0.15) is 11.5 Å². The molecule has 0 spiro atoms. The van der Waals surface area contributed by atoms with E-state index in [0.717, 1.165) is 18.3 Å². The first-order valence-corrected chi connectivity index (χ1v) is 7.82. The van der Waals surface area contributed by atoms with Crippen LogP contribution < -0.4 is 9.47 Å². The van der Waals surface area contributed by atoms with Crippen LogP contribution in [0.25, 0.3) is 0 Å². The van der Waals surface area contributed by atoms with Gasteiger partial charge >= 0.3 is 0 Å². The third kappa shape index (κ3) is 2.92. The minimum absolute atomic E-state index is 0.0380. The number of ether oxygens (including phenoxy) is 2. The van der Waals surface area contributed by atoms with E-state index in [-0.39, 0.29) is 11.9 Å². The summed E-state index contributed by atoms with van der Waals surface area (Å²) >= 11 is 3.51. The summed E-state index contributed by atoms with van der Waals surface area (Å²) in [5.74, 6) is 1.83. The van der Waals surface area contributed by atoms with Crippen LogP contribution in [0.2, 0.25) is 0 Å². The van der Waals surface area contributed by atoms with Gasteiger partial charge in [0, 0.05) is 29.5 Å². The van der Waals surface area contributed by atoms with Gasteiger partial charge in [-0.15, -0.1) is 0 Å². The summed E-state index contributed by atoms with van der Waals surface area (Å²) in [6.07, 6.45) is 1.04. The van der Waals surface area contributed by atoms with Crippen molar-refractivity contribution in [3.8, 4) is 11.5 Å². The number of rotatable bonds is 4. The normalized spacial score (nSPS) is 21.9. The Kier molecular flexibility index (Phi) is 4.91. The summed E-state index contributed by atoms with van der Waals surface area (Å²) in [5, 5.41) is 0.807. The third-order valence-corrected chi connectivity index (χ3v) is 4.56. The molecule has 2 rings (SSSR count). The van der Waals surface area contributed by atoms with Crippen molar-refractivity contribution in [1.82, 2.24) is 4.90 Å². The number of likely N-dealkylation sites (tertiary alicyclic amines) is 1. The number of carbonyl (C=O) groups excluding carboxylic acids is 1. The van der Waals surface area contributed by atoms with Gasteiger partial charge in [0.25, 0.3) is 5.91 Å². The quantitative estimate of drug-likeness (QED) is 0.790. The van der Waals surface area contributed by atoms with Crippen LogP contribution >= 0.6 is 15.9 Å². The molecule has 0 aromatic heterocycles. The Morgan fingerprint density at radius 1 is 1.30 bits per heavy atom. The van der Waals surface area contributed by atoms with Crippen LogP contribution in [0, 0.1) is 5.92 Å². The van der Waals surface area contributed by atoms with Gasteiger partial charge in [0.05, 0.1) is 14.2 Å². The average molecular weight is 342 g/mol. The van der Waals surface area contributed by atoms with Crippen molar-refractivity contribution in [2.24, 2.45) is 5.92 Å². The smallest absolute Gasteiger partial charge is 0.254 e. The fourth-order valence-corrected chi connectivity index (χ4v) is 3.58. The maximum atomic E-state index is 12.7. The molecular weight excluding hydrogens is 322 g/mol. The molecule has 1 fully saturated rings. The van der Waals surface area contributed by atoms with Crippen LogP contribution in [0.1, 0.15) is 23.7 Å². The number of alkyl halides is 1.